The summed E-state index contributed by atoms with van der Waals surface area (Å²) in [5, 5.41) is 0. The molecule has 2 N–H and O–H groups in total. The SMILES string of the molecule is N[C@@H]1CN(Cc2cc(F)cc(F)c2)C[C@H]1c1ccccc1. The molecule has 0 amide bonds. The van der Waals surface area contributed by atoms with Crippen LogP contribution in [0.5, 0.6) is 0 Å². The first kappa shape index (κ1) is 14.2. The van der Waals surface area contributed by atoms with E-state index in [0.29, 0.717) is 12.1 Å². The number of likely N-dealkylation sites (tertiary alicyclic amines) is 1. The van der Waals surface area contributed by atoms with Gasteiger partial charge in [0.2, 0.25) is 0 Å². The first-order valence-electron chi connectivity index (χ1n) is 7.09. The number of hydrogen-bond donors (Lipinski definition) is 1. The van der Waals surface area contributed by atoms with Crippen molar-refractivity contribution in [3.63, 3.8) is 0 Å². The average molecular weight is 288 g/mol. The van der Waals surface area contributed by atoms with Crippen molar-refractivity contribution in [3.05, 3.63) is 71.3 Å². The molecule has 4 heteroatoms. The van der Waals surface area contributed by atoms with E-state index >= 15 is 0 Å². The fourth-order valence-corrected chi connectivity index (χ4v) is 3.06. The summed E-state index contributed by atoms with van der Waals surface area (Å²) in [7, 11) is 0. The molecule has 0 radical (unpaired) electrons. The molecule has 0 spiro atoms. The van der Waals surface area contributed by atoms with Crippen LogP contribution in [0.1, 0.15) is 17.0 Å². The van der Waals surface area contributed by atoms with Crippen molar-refractivity contribution in [1.29, 1.82) is 0 Å². The number of nitrogens with zero attached hydrogens (tertiary/aromatic N) is 1. The van der Waals surface area contributed by atoms with Gasteiger partial charge in [0.15, 0.2) is 0 Å². The molecule has 1 saturated heterocycles. The summed E-state index contributed by atoms with van der Waals surface area (Å²) in [4.78, 5) is 2.15. The van der Waals surface area contributed by atoms with E-state index in [1.807, 2.05) is 18.2 Å². The second-order valence-electron chi connectivity index (χ2n) is 5.65. The molecule has 3 rings (SSSR count). The molecule has 1 aliphatic rings. The predicted octanol–water partition coefficient (Wildman–Crippen LogP) is 2.89. The van der Waals surface area contributed by atoms with Crippen LogP contribution in [0.25, 0.3) is 0 Å². The van der Waals surface area contributed by atoms with E-state index in [1.165, 1.54) is 17.7 Å². The fraction of sp³-hybridized carbons (Fsp3) is 0.294. The van der Waals surface area contributed by atoms with Crippen molar-refractivity contribution < 1.29 is 8.78 Å². The Kier molecular flexibility index (Phi) is 3.99. The Bertz CT molecular complexity index is 595. The highest BCUT2D eigenvalue weighted by Gasteiger charge is 2.31. The molecule has 2 nitrogen and oxygen atoms in total. The molecule has 1 fully saturated rings. The lowest BCUT2D eigenvalue weighted by molar-refractivity contribution is 0.322. The van der Waals surface area contributed by atoms with Crippen LogP contribution in [-0.4, -0.2) is 24.0 Å². The molecule has 0 aliphatic carbocycles. The summed E-state index contributed by atoms with van der Waals surface area (Å²) < 4.78 is 26.5. The van der Waals surface area contributed by atoms with Gasteiger partial charge in [0.05, 0.1) is 0 Å². The molecule has 0 aromatic heterocycles. The van der Waals surface area contributed by atoms with Gasteiger partial charge in [0, 0.05) is 37.7 Å². The molecule has 0 unspecified atom stereocenters. The zero-order valence-electron chi connectivity index (χ0n) is 11.7. The lowest BCUT2D eigenvalue weighted by Crippen LogP contribution is -2.28. The van der Waals surface area contributed by atoms with Crippen LogP contribution in [0.4, 0.5) is 8.78 Å². The number of benzene rings is 2. The molecule has 0 saturated carbocycles. The third kappa shape index (κ3) is 3.28. The van der Waals surface area contributed by atoms with Crippen molar-refractivity contribution in [1.82, 2.24) is 4.90 Å². The highest BCUT2D eigenvalue weighted by atomic mass is 19.1. The summed E-state index contributed by atoms with van der Waals surface area (Å²) in [6.07, 6.45) is 0. The van der Waals surface area contributed by atoms with Crippen LogP contribution in [-0.2, 0) is 6.54 Å². The van der Waals surface area contributed by atoms with Gasteiger partial charge < -0.3 is 5.73 Å². The van der Waals surface area contributed by atoms with Gasteiger partial charge >= 0.3 is 0 Å². The summed E-state index contributed by atoms with van der Waals surface area (Å²) in [6.45, 7) is 2.06. The first-order valence-corrected chi connectivity index (χ1v) is 7.09. The zero-order chi connectivity index (χ0) is 14.8. The summed E-state index contributed by atoms with van der Waals surface area (Å²) >= 11 is 0. The first-order chi connectivity index (χ1) is 10.1. The minimum Gasteiger partial charge on any atom is -0.326 e. The monoisotopic (exact) mass is 288 g/mol. The van der Waals surface area contributed by atoms with E-state index in [0.717, 1.165) is 19.2 Å². The molecular formula is C17H18F2N2. The Labute approximate surface area is 123 Å². The molecule has 2 atom stereocenters. The van der Waals surface area contributed by atoms with Gasteiger partial charge in [0.25, 0.3) is 0 Å². The average Bonchev–Trinajstić information content (AvgIpc) is 2.79. The van der Waals surface area contributed by atoms with Gasteiger partial charge in [-0.15, -0.1) is 0 Å². The van der Waals surface area contributed by atoms with Crippen LogP contribution < -0.4 is 5.73 Å². The third-order valence-electron chi connectivity index (χ3n) is 4.00. The molecular weight excluding hydrogens is 270 g/mol. The largest absolute Gasteiger partial charge is 0.326 e. The standard InChI is InChI=1S/C17H18F2N2/c18-14-6-12(7-15(19)8-14)9-21-10-16(17(20)11-21)13-4-2-1-3-5-13/h1-8,16-17H,9-11,20H2/t16-,17+/m0/s1. The van der Waals surface area contributed by atoms with Gasteiger partial charge in [-0.2, -0.15) is 0 Å². The predicted molar refractivity (Wildman–Crippen MR) is 78.8 cm³/mol. The van der Waals surface area contributed by atoms with Crippen molar-refractivity contribution in [2.75, 3.05) is 13.1 Å². The Morgan fingerprint density at radius 2 is 1.67 bits per heavy atom. The molecule has 2 aromatic rings. The Morgan fingerprint density at radius 1 is 1.00 bits per heavy atom. The summed E-state index contributed by atoms with van der Waals surface area (Å²) in [6, 6.07) is 13.9. The van der Waals surface area contributed by atoms with Gasteiger partial charge in [-0.25, -0.2) is 8.78 Å². The summed E-state index contributed by atoms with van der Waals surface area (Å²) in [5.74, 6) is -0.800. The minimum absolute atomic E-state index is 0.0470. The van der Waals surface area contributed by atoms with Crippen LogP contribution in [0.3, 0.4) is 0 Å². The Hall–Kier alpha value is -1.78. The number of rotatable bonds is 3. The quantitative estimate of drug-likeness (QED) is 0.941. The Morgan fingerprint density at radius 3 is 2.33 bits per heavy atom. The van der Waals surface area contributed by atoms with Crippen molar-refractivity contribution in [2.45, 2.75) is 18.5 Å². The third-order valence-corrected chi connectivity index (χ3v) is 4.00. The van der Waals surface area contributed by atoms with Crippen LogP contribution in [0.2, 0.25) is 0 Å². The van der Waals surface area contributed by atoms with Crippen molar-refractivity contribution in [3.8, 4) is 0 Å². The van der Waals surface area contributed by atoms with Gasteiger partial charge in [-0.05, 0) is 23.3 Å². The number of halogens is 2. The molecule has 0 bridgehead atoms. The van der Waals surface area contributed by atoms with Crippen LogP contribution in [0, 0.1) is 11.6 Å². The van der Waals surface area contributed by atoms with E-state index in [1.54, 1.807) is 0 Å². The van der Waals surface area contributed by atoms with Crippen molar-refractivity contribution in [2.24, 2.45) is 5.73 Å². The highest BCUT2D eigenvalue weighted by molar-refractivity contribution is 5.24. The molecule has 1 aliphatic heterocycles. The van der Waals surface area contributed by atoms with Gasteiger partial charge in [0.1, 0.15) is 11.6 Å². The number of nitrogens with two attached hydrogens (primary N) is 1. The van der Waals surface area contributed by atoms with E-state index in [4.69, 9.17) is 5.73 Å². The van der Waals surface area contributed by atoms with E-state index in [9.17, 15) is 8.78 Å². The topological polar surface area (TPSA) is 29.3 Å². The normalized spacial score (nSPS) is 22.6. The fourth-order valence-electron chi connectivity index (χ4n) is 3.06. The second kappa shape index (κ2) is 5.92. The highest BCUT2D eigenvalue weighted by Crippen LogP contribution is 2.27. The van der Waals surface area contributed by atoms with E-state index < -0.39 is 11.6 Å². The second-order valence-corrected chi connectivity index (χ2v) is 5.65. The Balaban J connectivity index is 1.71. The van der Waals surface area contributed by atoms with Gasteiger partial charge in [-0.3, -0.25) is 4.90 Å². The maximum atomic E-state index is 13.2. The molecule has 2 aromatic carbocycles. The maximum absolute atomic E-state index is 13.2. The van der Waals surface area contributed by atoms with Gasteiger partial charge in [-0.1, -0.05) is 30.3 Å². The zero-order valence-corrected chi connectivity index (χ0v) is 11.7. The molecule has 1 heterocycles. The molecule has 110 valence electrons. The van der Waals surface area contributed by atoms with E-state index in [2.05, 4.69) is 17.0 Å². The summed E-state index contributed by atoms with van der Waals surface area (Å²) in [5.41, 5.74) is 8.09. The number of hydrogen-bond acceptors (Lipinski definition) is 2. The molecule has 21 heavy (non-hydrogen) atoms. The lowest BCUT2D eigenvalue weighted by atomic mass is 9.95. The van der Waals surface area contributed by atoms with Crippen LogP contribution >= 0.6 is 0 Å². The van der Waals surface area contributed by atoms with Crippen molar-refractivity contribution >= 4 is 0 Å². The van der Waals surface area contributed by atoms with Crippen LogP contribution in [0.15, 0.2) is 48.5 Å². The minimum atomic E-state index is -0.534. The maximum Gasteiger partial charge on any atom is 0.126 e. The smallest absolute Gasteiger partial charge is 0.126 e. The lowest BCUT2D eigenvalue weighted by Gasteiger charge is -2.16. The van der Waals surface area contributed by atoms with E-state index in [-0.39, 0.29) is 12.0 Å².